The minimum absolute atomic E-state index is 0.255. The molecule has 1 fully saturated rings. The number of fused-ring (bicyclic) bond motifs is 1. The van der Waals surface area contributed by atoms with Crippen molar-refractivity contribution >= 4 is 11.0 Å². The largest absolute Gasteiger partial charge is 0.392 e. The van der Waals surface area contributed by atoms with Crippen molar-refractivity contribution < 1.29 is 9.84 Å². The SMILES string of the molecule is CCCn1c(CC(O)C2CCOC2)nc2ccccc21. The molecule has 0 bridgehead atoms. The molecule has 0 amide bonds. The highest BCUT2D eigenvalue weighted by atomic mass is 16.5. The van der Waals surface area contributed by atoms with Gasteiger partial charge in [0.25, 0.3) is 0 Å². The smallest absolute Gasteiger partial charge is 0.112 e. The summed E-state index contributed by atoms with van der Waals surface area (Å²) in [6.07, 6.45) is 2.28. The molecule has 1 N–H and O–H groups in total. The van der Waals surface area contributed by atoms with Gasteiger partial charge in [0.2, 0.25) is 0 Å². The van der Waals surface area contributed by atoms with E-state index in [0.717, 1.165) is 37.3 Å². The Morgan fingerprint density at radius 3 is 3.05 bits per heavy atom. The number of aromatic nitrogens is 2. The normalized spacial score (nSPS) is 20.6. The first-order valence-corrected chi connectivity index (χ1v) is 7.49. The number of aliphatic hydroxyl groups is 1. The second-order valence-corrected chi connectivity index (χ2v) is 5.56. The van der Waals surface area contributed by atoms with Crippen molar-refractivity contribution in [1.82, 2.24) is 9.55 Å². The van der Waals surface area contributed by atoms with E-state index < -0.39 is 0 Å². The average Bonchev–Trinajstić information content (AvgIpc) is 3.08. The fourth-order valence-corrected chi connectivity index (χ4v) is 2.96. The molecule has 1 aliphatic rings. The summed E-state index contributed by atoms with van der Waals surface area (Å²) in [4.78, 5) is 4.70. The molecule has 0 radical (unpaired) electrons. The Labute approximate surface area is 119 Å². The maximum Gasteiger partial charge on any atom is 0.112 e. The van der Waals surface area contributed by atoms with E-state index in [4.69, 9.17) is 9.72 Å². The van der Waals surface area contributed by atoms with Gasteiger partial charge in [0.05, 0.1) is 23.7 Å². The summed E-state index contributed by atoms with van der Waals surface area (Å²) >= 11 is 0. The van der Waals surface area contributed by atoms with Crippen LogP contribution in [-0.4, -0.2) is 34.0 Å². The summed E-state index contributed by atoms with van der Waals surface area (Å²) in [7, 11) is 0. The molecule has 108 valence electrons. The highest BCUT2D eigenvalue weighted by molar-refractivity contribution is 5.75. The van der Waals surface area contributed by atoms with Crippen LogP contribution in [0.25, 0.3) is 11.0 Å². The van der Waals surface area contributed by atoms with Crippen molar-refractivity contribution in [3.8, 4) is 0 Å². The van der Waals surface area contributed by atoms with Gasteiger partial charge in [0.15, 0.2) is 0 Å². The van der Waals surface area contributed by atoms with Crippen LogP contribution in [0.15, 0.2) is 24.3 Å². The van der Waals surface area contributed by atoms with Gasteiger partial charge in [-0.1, -0.05) is 19.1 Å². The van der Waals surface area contributed by atoms with Crippen LogP contribution in [0.5, 0.6) is 0 Å². The van der Waals surface area contributed by atoms with Crippen LogP contribution in [-0.2, 0) is 17.7 Å². The summed E-state index contributed by atoms with van der Waals surface area (Å²) in [5.41, 5.74) is 2.19. The first kappa shape index (κ1) is 13.6. The Kier molecular flexibility index (Phi) is 4.03. The van der Waals surface area contributed by atoms with Crippen molar-refractivity contribution in [2.75, 3.05) is 13.2 Å². The molecule has 4 heteroatoms. The van der Waals surface area contributed by atoms with Gasteiger partial charge in [-0.15, -0.1) is 0 Å². The predicted molar refractivity (Wildman–Crippen MR) is 78.7 cm³/mol. The summed E-state index contributed by atoms with van der Waals surface area (Å²) in [6.45, 7) is 4.56. The molecule has 20 heavy (non-hydrogen) atoms. The van der Waals surface area contributed by atoms with E-state index in [1.54, 1.807) is 0 Å². The van der Waals surface area contributed by atoms with Gasteiger partial charge in [-0.05, 0) is 25.0 Å². The summed E-state index contributed by atoms with van der Waals surface area (Å²) < 4.78 is 7.61. The number of ether oxygens (including phenoxy) is 1. The predicted octanol–water partition coefficient (Wildman–Crippen LogP) is 2.39. The lowest BCUT2D eigenvalue weighted by Crippen LogP contribution is -2.24. The monoisotopic (exact) mass is 274 g/mol. The van der Waals surface area contributed by atoms with Crippen LogP contribution in [0.3, 0.4) is 0 Å². The van der Waals surface area contributed by atoms with Crippen molar-refractivity contribution in [3.05, 3.63) is 30.1 Å². The number of nitrogens with zero attached hydrogens (tertiary/aromatic N) is 2. The molecule has 2 aromatic rings. The molecule has 0 spiro atoms. The number of para-hydroxylation sites is 2. The third-order valence-corrected chi connectivity index (χ3v) is 4.08. The lowest BCUT2D eigenvalue weighted by Gasteiger charge is -2.17. The molecule has 0 saturated carbocycles. The lowest BCUT2D eigenvalue weighted by atomic mass is 9.99. The van der Waals surface area contributed by atoms with Gasteiger partial charge >= 0.3 is 0 Å². The van der Waals surface area contributed by atoms with Crippen LogP contribution in [0.4, 0.5) is 0 Å². The van der Waals surface area contributed by atoms with E-state index in [1.165, 1.54) is 5.52 Å². The number of imidazole rings is 1. The first-order chi connectivity index (χ1) is 9.79. The lowest BCUT2D eigenvalue weighted by molar-refractivity contribution is 0.0897. The number of benzene rings is 1. The van der Waals surface area contributed by atoms with Crippen molar-refractivity contribution in [3.63, 3.8) is 0 Å². The van der Waals surface area contributed by atoms with Gasteiger partial charge in [-0.3, -0.25) is 0 Å². The molecular formula is C16H22N2O2. The second-order valence-electron chi connectivity index (χ2n) is 5.56. The number of hydrogen-bond donors (Lipinski definition) is 1. The maximum absolute atomic E-state index is 10.4. The molecule has 2 atom stereocenters. The highest BCUT2D eigenvalue weighted by Gasteiger charge is 2.25. The molecule has 1 saturated heterocycles. The molecule has 1 aromatic carbocycles. The topological polar surface area (TPSA) is 47.3 Å². The fraction of sp³-hybridized carbons (Fsp3) is 0.562. The standard InChI is InChI=1S/C16H22N2O2/c1-2-8-18-14-6-4-3-5-13(14)17-16(18)10-15(19)12-7-9-20-11-12/h3-6,12,15,19H,2,7-11H2,1H3. The number of aliphatic hydroxyl groups excluding tert-OH is 1. The van der Waals surface area contributed by atoms with Crippen molar-refractivity contribution in [1.29, 1.82) is 0 Å². The third-order valence-electron chi connectivity index (χ3n) is 4.08. The number of aryl methyl sites for hydroxylation is 1. The highest BCUT2D eigenvalue weighted by Crippen LogP contribution is 2.22. The zero-order chi connectivity index (χ0) is 13.9. The number of hydrogen-bond acceptors (Lipinski definition) is 3. The van der Waals surface area contributed by atoms with Gasteiger partial charge in [0, 0.05) is 25.5 Å². The maximum atomic E-state index is 10.4. The molecule has 1 aliphatic heterocycles. The minimum Gasteiger partial charge on any atom is -0.392 e. The number of rotatable bonds is 5. The van der Waals surface area contributed by atoms with Gasteiger partial charge < -0.3 is 14.4 Å². The summed E-state index contributed by atoms with van der Waals surface area (Å²) in [5, 5.41) is 10.4. The van der Waals surface area contributed by atoms with E-state index in [9.17, 15) is 5.11 Å². The first-order valence-electron chi connectivity index (χ1n) is 7.49. The third kappa shape index (κ3) is 2.58. The van der Waals surface area contributed by atoms with Gasteiger partial charge in [-0.25, -0.2) is 4.98 Å². The minimum atomic E-state index is -0.357. The zero-order valence-electron chi connectivity index (χ0n) is 12.0. The molecule has 1 aromatic heterocycles. The van der Waals surface area contributed by atoms with E-state index in [2.05, 4.69) is 17.6 Å². The molecular weight excluding hydrogens is 252 g/mol. The summed E-state index contributed by atoms with van der Waals surface area (Å²) in [5.74, 6) is 1.25. The fourth-order valence-electron chi connectivity index (χ4n) is 2.96. The average molecular weight is 274 g/mol. The van der Waals surface area contributed by atoms with Crippen LogP contribution < -0.4 is 0 Å². The summed E-state index contributed by atoms with van der Waals surface area (Å²) in [6, 6.07) is 8.19. The molecule has 3 rings (SSSR count). The Balaban J connectivity index is 1.87. The van der Waals surface area contributed by atoms with Gasteiger partial charge in [0.1, 0.15) is 5.82 Å². The van der Waals surface area contributed by atoms with E-state index in [-0.39, 0.29) is 12.0 Å². The zero-order valence-corrected chi connectivity index (χ0v) is 12.0. The van der Waals surface area contributed by atoms with Crippen molar-refractivity contribution in [2.45, 2.75) is 38.8 Å². The second kappa shape index (κ2) is 5.94. The Hall–Kier alpha value is -1.39. The molecule has 4 nitrogen and oxygen atoms in total. The Morgan fingerprint density at radius 2 is 2.30 bits per heavy atom. The van der Waals surface area contributed by atoms with Crippen LogP contribution in [0.1, 0.15) is 25.6 Å². The van der Waals surface area contributed by atoms with E-state index in [0.29, 0.717) is 13.0 Å². The molecule has 2 heterocycles. The molecule has 2 unspecified atom stereocenters. The van der Waals surface area contributed by atoms with Gasteiger partial charge in [-0.2, -0.15) is 0 Å². The quantitative estimate of drug-likeness (QED) is 0.910. The Morgan fingerprint density at radius 1 is 1.45 bits per heavy atom. The van der Waals surface area contributed by atoms with Crippen molar-refractivity contribution in [2.24, 2.45) is 5.92 Å². The van der Waals surface area contributed by atoms with Crippen LogP contribution in [0, 0.1) is 5.92 Å². The van der Waals surface area contributed by atoms with E-state index in [1.807, 2.05) is 18.2 Å². The Bertz CT molecular complexity index is 573. The van der Waals surface area contributed by atoms with Crippen LogP contribution in [0.2, 0.25) is 0 Å². The molecule has 0 aliphatic carbocycles. The van der Waals surface area contributed by atoms with Crippen LogP contribution >= 0.6 is 0 Å². The van der Waals surface area contributed by atoms with E-state index >= 15 is 0 Å².